The van der Waals surface area contributed by atoms with Gasteiger partial charge in [0.2, 0.25) is 0 Å². The molecule has 0 aliphatic rings. The lowest BCUT2D eigenvalue weighted by Crippen LogP contribution is -2.17. The molecule has 2 aromatic heterocycles. The van der Waals surface area contributed by atoms with Crippen LogP contribution in [0.2, 0.25) is 0 Å². The Morgan fingerprint density at radius 1 is 1.35 bits per heavy atom. The van der Waals surface area contributed by atoms with Gasteiger partial charge in [-0.1, -0.05) is 13.0 Å². The van der Waals surface area contributed by atoms with Gasteiger partial charge < -0.3 is 10.3 Å². The molecule has 0 fully saturated rings. The molecule has 2 heterocycles. The summed E-state index contributed by atoms with van der Waals surface area (Å²) in [6.07, 6.45) is 4.72. The Labute approximate surface area is 102 Å². The summed E-state index contributed by atoms with van der Waals surface area (Å²) in [5, 5.41) is 3.19. The Bertz CT molecular complexity index is 449. The first-order chi connectivity index (χ1) is 8.35. The highest BCUT2D eigenvalue weighted by atomic mass is 15.0. The Hall–Kier alpha value is -1.68. The van der Waals surface area contributed by atoms with Crippen LogP contribution in [0.1, 0.15) is 25.1 Å². The highest BCUT2D eigenvalue weighted by molar-refractivity contribution is 5.52. The molecule has 0 saturated heterocycles. The number of aromatic nitrogens is 3. The number of likely N-dealkylation sites (N-methyl/N-ethyl adjacent to an activating group) is 1. The van der Waals surface area contributed by atoms with Crippen LogP contribution in [0.5, 0.6) is 0 Å². The van der Waals surface area contributed by atoms with E-state index in [-0.39, 0.29) is 0 Å². The van der Waals surface area contributed by atoms with E-state index in [0.717, 1.165) is 30.2 Å². The highest BCUT2D eigenvalue weighted by Crippen LogP contribution is 2.19. The number of nitrogens with zero attached hydrogens (tertiary/aromatic N) is 2. The van der Waals surface area contributed by atoms with Crippen LogP contribution >= 0.6 is 0 Å². The minimum atomic E-state index is 0.428. The predicted molar refractivity (Wildman–Crippen MR) is 68.8 cm³/mol. The summed E-state index contributed by atoms with van der Waals surface area (Å²) >= 11 is 0. The zero-order valence-electron chi connectivity index (χ0n) is 10.3. The van der Waals surface area contributed by atoms with Crippen molar-refractivity contribution in [2.24, 2.45) is 0 Å². The third-order valence-electron chi connectivity index (χ3n) is 2.87. The van der Waals surface area contributed by atoms with Gasteiger partial charge in [-0.05, 0) is 25.6 Å². The van der Waals surface area contributed by atoms with E-state index in [1.165, 1.54) is 0 Å². The first-order valence-corrected chi connectivity index (χ1v) is 5.96. The molecule has 0 aliphatic carbocycles. The molecule has 90 valence electrons. The maximum Gasteiger partial charge on any atom is 0.110 e. The molecule has 0 bridgehead atoms. The molecule has 4 nitrogen and oxygen atoms in total. The molecule has 2 rings (SSSR count). The van der Waals surface area contributed by atoms with Crippen LogP contribution in [0.3, 0.4) is 0 Å². The predicted octanol–water partition coefficient (Wildman–Crippen LogP) is 2.18. The van der Waals surface area contributed by atoms with Gasteiger partial charge in [0.05, 0.1) is 17.6 Å². The average molecular weight is 230 g/mol. The second kappa shape index (κ2) is 5.59. The normalized spacial score (nSPS) is 12.6. The van der Waals surface area contributed by atoms with E-state index in [1.54, 1.807) is 6.20 Å². The van der Waals surface area contributed by atoms with E-state index >= 15 is 0 Å². The molecule has 0 radical (unpaired) electrons. The van der Waals surface area contributed by atoms with Crippen LogP contribution in [0.25, 0.3) is 11.4 Å². The second-order valence-corrected chi connectivity index (χ2v) is 4.06. The van der Waals surface area contributed by atoms with Gasteiger partial charge in [-0.3, -0.25) is 4.98 Å². The standard InChI is InChI=1S/C13H18N4/c1-3-10(8-14-2)13-16-9-12(17-13)11-6-4-5-7-15-11/h4-7,9-10,14H,3,8H2,1-2H3,(H,16,17). The van der Waals surface area contributed by atoms with Crippen molar-refractivity contribution >= 4 is 0 Å². The molecule has 1 unspecified atom stereocenters. The van der Waals surface area contributed by atoms with Crippen LogP contribution in [0.15, 0.2) is 30.6 Å². The van der Waals surface area contributed by atoms with Gasteiger partial charge in [-0.2, -0.15) is 0 Å². The molecule has 4 heteroatoms. The van der Waals surface area contributed by atoms with Crippen molar-refractivity contribution in [3.8, 4) is 11.4 Å². The molecule has 2 aromatic rings. The maximum absolute atomic E-state index is 4.45. The number of nitrogens with one attached hydrogen (secondary N) is 2. The van der Waals surface area contributed by atoms with Crippen molar-refractivity contribution in [3.63, 3.8) is 0 Å². The summed E-state index contributed by atoms with van der Waals surface area (Å²) in [7, 11) is 1.96. The quantitative estimate of drug-likeness (QED) is 0.827. The number of pyridine rings is 1. The largest absolute Gasteiger partial charge is 0.340 e. The van der Waals surface area contributed by atoms with Crippen LogP contribution < -0.4 is 5.32 Å². The van der Waals surface area contributed by atoms with Gasteiger partial charge in [0, 0.05) is 18.7 Å². The molecule has 17 heavy (non-hydrogen) atoms. The lowest BCUT2D eigenvalue weighted by atomic mass is 10.1. The minimum absolute atomic E-state index is 0.428. The Balaban J connectivity index is 2.21. The third-order valence-corrected chi connectivity index (χ3v) is 2.87. The first kappa shape index (κ1) is 11.8. The molecule has 0 aromatic carbocycles. The van der Waals surface area contributed by atoms with Crippen LogP contribution in [-0.4, -0.2) is 28.5 Å². The Morgan fingerprint density at radius 2 is 2.24 bits per heavy atom. The monoisotopic (exact) mass is 230 g/mol. The van der Waals surface area contributed by atoms with Crippen molar-refractivity contribution in [3.05, 3.63) is 36.4 Å². The summed E-state index contributed by atoms with van der Waals surface area (Å²) in [6, 6.07) is 5.88. The summed E-state index contributed by atoms with van der Waals surface area (Å²) < 4.78 is 0. The van der Waals surface area contributed by atoms with Crippen LogP contribution in [-0.2, 0) is 0 Å². The minimum Gasteiger partial charge on any atom is -0.340 e. The van der Waals surface area contributed by atoms with Gasteiger partial charge >= 0.3 is 0 Å². The zero-order valence-corrected chi connectivity index (χ0v) is 10.3. The fourth-order valence-corrected chi connectivity index (χ4v) is 1.88. The molecule has 0 spiro atoms. The van der Waals surface area contributed by atoms with Crippen molar-refractivity contribution in [1.82, 2.24) is 20.3 Å². The smallest absolute Gasteiger partial charge is 0.110 e. The molecule has 1 atom stereocenters. The number of H-pyrrole nitrogens is 1. The summed E-state index contributed by atoms with van der Waals surface area (Å²) in [5.41, 5.74) is 1.92. The molecular weight excluding hydrogens is 212 g/mol. The van der Waals surface area contributed by atoms with E-state index < -0.39 is 0 Å². The van der Waals surface area contributed by atoms with E-state index in [9.17, 15) is 0 Å². The molecule has 0 aliphatic heterocycles. The highest BCUT2D eigenvalue weighted by Gasteiger charge is 2.12. The summed E-state index contributed by atoms with van der Waals surface area (Å²) in [6.45, 7) is 3.11. The van der Waals surface area contributed by atoms with Gasteiger partial charge in [0.1, 0.15) is 5.82 Å². The lowest BCUT2D eigenvalue weighted by Gasteiger charge is -2.10. The first-order valence-electron chi connectivity index (χ1n) is 5.96. The molecular formula is C13H18N4. The second-order valence-electron chi connectivity index (χ2n) is 4.06. The molecule has 0 amide bonds. The maximum atomic E-state index is 4.45. The van der Waals surface area contributed by atoms with Crippen molar-refractivity contribution in [2.45, 2.75) is 19.3 Å². The van der Waals surface area contributed by atoms with E-state index in [2.05, 4.69) is 27.2 Å². The SMILES string of the molecule is CCC(CNC)c1ncc(-c2ccccn2)[nH]1. The van der Waals surface area contributed by atoms with E-state index in [0.29, 0.717) is 5.92 Å². The zero-order chi connectivity index (χ0) is 12.1. The number of hydrogen-bond donors (Lipinski definition) is 2. The average Bonchev–Trinajstić information content (AvgIpc) is 2.86. The summed E-state index contributed by atoms with van der Waals surface area (Å²) in [4.78, 5) is 12.1. The third kappa shape index (κ3) is 2.71. The van der Waals surface area contributed by atoms with Crippen molar-refractivity contribution < 1.29 is 0 Å². The Morgan fingerprint density at radius 3 is 2.88 bits per heavy atom. The fraction of sp³-hybridized carbons (Fsp3) is 0.385. The van der Waals surface area contributed by atoms with Crippen LogP contribution in [0.4, 0.5) is 0 Å². The van der Waals surface area contributed by atoms with Crippen molar-refractivity contribution in [1.29, 1.82) is 0 Å². The van der Waals surface area contributed by atoms with Gasteiger partial charge in [0.25, 0.3) is 0 Å². The Kier molecular flexibility index (Phi) is 3.88. The number of rotatable bonds is 5. The number of hydrogen-bond acceptors (Lipinski definition) is 3. The van der Waals surface area contributed by atoms with Gasteiger partial charge in [0.15, 0.2) is 0 Å². The summed E-state index contributed by atoms with van der Waals surface area (Å²) in [5.74, 6) is 1.46. The van der Waals surface area contributed by atoms with Gasteiger partial charge in [-0.25, -0.2) is 4.98 Å². The lowest BCUT2D eigenvalue weighted by molar-refractivity contribution is 0.586. The van der Waals surface area contributed by atoms with Gasteiger partial charge in [-0.15, -0.1) is 0 Å². The van der Waals surface area contributed by atoms with E-state index in [1.807, 2.05) is 31.4 Å². The molecule has 2 N–H and O–H groups in total. The van der Waals surface area contributed by atoms with Crippen LogP contribution in [0, 0.1) is 0 Å². The fourth-order valence-electron chi connectivity index (χ4n) is 1.88. The van der Waals surface area contributed by atoms with E-state index in [4.69, 9.17) is 0 Å². The number of aromatic amines is 1. The van der Waals surface area contributed by atoms with Crippen molar-refractivity contribution in [2.75, 3.05) is 13.6 Å². The molecule has 0 saturated carbocycles. The topological polar surface area (TPSA) is 53.6 Å². The number of imidazole rings is 1.